The summed E-state index contributed by atoms with van der Waals surface area (Å²) in [6, 6.07) is -0.624. The van der Waals surface area contributed by atoms with E-state index in [1.807, 2.05) is 6.08 Å². The van der Waals surface area contributed by atoms with Crippen LogP contribution >= 0.6 is 0 Å². The molecule has 0 spiro atoms. The van der Waals surface area contributed by atoms with Gasteiger partial charge in [-0.25, -0.2) is 0 Å². The van der Waals surface area contributed by atoms with Gasteiger partial charge in [0, 0.05) is 12.8 Å². The Morgan fingerprint density at radius 2 is 0.511 bits per heavy atom. The molecule has 90 heavy (non-hydrogen) atoms. The second-order valence-corrected chi connectivity index (χ2v) is 29.2. The van der Waals surface area contributed by atoms with E-state index >= 15 is 0 Å². The highest BCUT2D eigenvalue weighted by molar-refractivity contribution is 5.76. The van der Waals surface area contributed by atoms with Gasteiger partial charge in [0.05, 0.1) is 25.4 Å². The van der Waals surface area contributed by atoms with Crippen molar-refractivity contribution in [2.45, 2.75) is 501 Å². The average Bonchev–Trinajstić information content (AvgIpc) is 3.58. The number of aliphatic hydroxyl groups is 2. The summed E-state index contributed by atoms with van der Waals surface area (Å²) >= 11 is 0. The molecule has 0 aromatic rings. The number of carbonyl (C=O) groups is 2. The third kappa shape index (κ3) is 75.6. The topological polar surface area (TPSA) is 95.9 Å². The predicted molar refractivity (Wildman–Crippen MR) is 398 cm³/mol. The maximum absolute atomic E-state index is 12.6. The summed E-state index contributed by atoms with van der Waals surface area (Å²) in [6.45, 7) is 4.97. The normalized spacial score (nSPS) is 12.4. The number of carbonyl (C=O) groups excluding carboxylic acids is 2. The summed E-state index contributed by atoms with van der Waals surface area (Å²) in [7, 11) is 0. The first-order valence-electron chi connectivity index (χ1n) is 42.0. The van der Waals surface area contributed by atoms with Gasteiger partial charge >= 0.3 is 5.97 Å². The fourth-order valence-electron chi connectivity index (χ4n) is 13.7. The van der Waals surface area contributed by atoms with Crippen molar-refractivity contribution in [1.29, 1.82) is 0 Å². The van der Waals surface area contributed by atoms with Gasteiger partial charge in [0.15, 0.2) is 0 Å². The number of allylic oxidation sites excluding steroid dienone is 1. The van der Waals surface area contributed by atoms with Crippen LogP contribution in [0.2, 0.25) is 0 Å². The Bertz CT molecular complexity index is 1370. The molecule has 2 atom stereocenters. The molecule has 0 bridgehead atoms. The molecule has 0 radical (unpaired) electrons. The zero-order valence-corrected chi connectivity index (χ0v) is 61.7. The van der Waals surface area contributed by atoms with Gasteiger partial charge < -0.3 is 20.3 Å². The highest BCUT2D eigenvalue weighted by atomic mass is 16.5. The standard InChI is InChI=1S/C84H165NO5/c1-3-5-7-9-11-13-15-17-18-19-20-21-41-44-47-50-53-56-60-64-68-72-76-82(87)81(80-86)85-83(88)77-73-69-65-61-57-54-51-48-45-42-39-37-35-33-31-29-27-25-23-22-24-26-28-30-32-34-36-38-40-43-46-49-52-55-59-63-67-71-75-79-90-84(89)78-74-70-66-62-58-16-14-12-10-8-6-4-2/h72,76,81-82,86-87H,3-71,73-75,77-80H2,1-2H3,(H,85,88)/b76-72+. The summed E-state index contributed by atoms with van der Waals surface area (Å²) in [6.07, 6.45) is 102. The zero-order chi connectivity index (χ0) is 64.9. The van der Waals surface area contributed by atoms with E-state index in [1.54, 1.807) is 6.08 Å². The average molecular weight is 1270 g/mol. The summed E-state index contributed by atoms with van der Waals surface area (Å²) in [5, 5.41) is 23.3. The molecule has 0 aliphatic heterocycles. The van der Waals surface area contributed by atoms with E-state index in [0.29, 0.717) is 19.4 Å². The lowest BCUT2D eigenvalue weighted by atomic mass is 10.0. The maximum atomic E-state index is 12.6. The van der Waals surface area contributed by atoms with Crippen LogP contribution in [0.1, 0.15) is 489 Å². The molecule has 1 amide bonds. The van der Waals surface area contributed by atoms with Gasteiger partial charge in [-0.15, -0.1) is 0 Å². The summed E-state index contributed by atoms with van der Waals surface area (Å²) in [4.78, 5) is 24.6. The lowest BCUT2D eigenvalue weighted by molar-refractivity contribution is -0.143. The molecular formula is C84H165NO5. The molecular weight excluding hydrogens is 1100 g/mol. The van der Waals surface area contributed by atoms with Crippen LogP contribution in [0.4, 0.5) is 0 Å². The van der Waals surface area contributed by atoms with Crippen LogP contribution in [0.5, 0.6) is 0 Å². The Labute approximate surface area is 565 Å². The maximum Gasteiger partial charge on any atom is 0.305 e. The lowest BCUT2D eigenvalue weighted by Crippen LogP contribution is -2.45. The van der Waals surface area contributed by atoms with E-state index in [4.69, 9.17) is 4.74 Å². The van der Waals surface area contributed by atoms with Crippen molar-refractivity contribution in [2.24, 2.45) is 0 Å². The molecule has 3 N–H and O–H groups in total. The Morgan fingerprint density at radius 3 is 0.756 bits per heavy atom. The lowest BCUT2D eigenvalue weighted by Gasteiger charge is -2.20. The Balaban J connectivity index is 3.31. The molecule has 536 valence electrons. The van der Waals surface area contributed by atoms with E-state index in [9.17, 15) is 19.8 Å². The number of hydrogen-bond donors (Lipinski definition) is 3. The van der Waals surface area contributed by atoms with Crippen LogP contribution in [0.15, 0.2) is 12.2 Å². The minimum absolute atomic E-state index is 0.0257. The Hall–Kier alpha value is -1.40. The van der Waals surface area contributed by atoms with Crippen molar-refractivity contribution in [3.63, 3.8) is 0 Å². The largest absolute Gasteiger partial charge is 0.466 e. The van der Waals surface area contributed by atoms with E-state index in [0.717, 1.165) is 38.5 Å². The first kappa shape index (κ1) is 88.6. The Kier molecular flexibility index (Phi) is 78.8. The number of unbranched alkanes of at least 4 members (excludes halogenated alkanes) is 69. The molecule has 0 aromatic carbocycles. The molecule has 0 aromatic heterocycles. The summed E-state index contributed by atoms with van der Waals surface area (Å²) in [5.74, 6) is -0.0304. The van der Waals surface area contributed by atoms with Crippen molar-refractivity contribution in [3.05, 3.63) is 12.2 Å². The number of ether oxygens (including phenoxy) is 1. The number of rotatable bonds is 80. The van der Waals surface area contributed by atoms with E-state index in [1.165, 1.54) is 424 Å². The van der Waals surface area contributed by atoms with Crippen LogP contribution in [0.3, 0.4) is 0 Å². The van der Waals surface area contributed by atoms with Crippen molar-refractivity contribution in [3.8, 4) is 0 Å². The molecule has 0 saturated carbocycles. The summed E-state index contributed by atoms with van der Waals surface area (Å²) in [5.41, 5.74) is 0. The molecule has 0 fully saturated rings. The number of nitrogens with one attached hydrogen (secondary N) is 1. The first-order chi connectivity index (χ1) is 44.5. The molecule has 0 aliphatic carbocycles. The zero-order valence-electron chi connectivity index (χ0n) is 61.7. The van der Waals surface area contributed by atoms with Crippen molar-refractivity contribution >= 4 is 11.9 Å². The first-order valence-corrected chi connectivity index (χ1v) is 42.0. The number of esters is 1. The number of hydrogen-bond acceptors (Lipinski definition) is 5. The van der Waals surface area contributed by atoms with E-state index < -0.39 is 12.1 Å². The minimum atomic E-state index is -0.841. The highest BCUT2D eigenvalue weighted by Gasteiger charge is 2.18. The smallest absolute Gasteiger partial charge is 0.305 e. The van der Waals surface area contributed by atoms with E-state index in [-0.39, 0.29) is 18.5 Å². The second-order valence-electron chi connectivity index (χ2n) is 29.2. The highest BCUT2D eigenvalue weighted by Crippen LogP contribution is 2.21. The van der Waals surface area contributed by atoms with Gasteiger partial charge in [-0.1, -0.05) is 456 Å². The van der Waals surface area contributed by atoms with E-state index in [2.05, 4.69) is 19.2 Å². The SMILES string of the molecule is CCCCCCCCCCCCCCCCCCCCCC/C=C/C(O)C(CO)NC(=O)CCCCCCCCCCCCCCCCCCCCCCCCCCCCCCCCCCCCCCCCCOC(=O)CCCCCCCCCCCCCC. The van der Waals surface area contributed by atoms with Crippen LogP contribution < -0.4 is 5.32 Å². The molecule has 0 saturated heterocycles. The molecule has 6 nitrogen and oxygen atoms in total. The van der Waals surface area contributed by atoms with Gasteiger partial charge in [0.25, 0.3) is 0 Å². The second kappa shape index (κ2) is 80.0. The Morgan fingerprint density at radius 1 is 0.300 bits per heavy atom. The molecule has 2 unspecified atom stereocenters. The van der Waals surface area contributed by atoms with Crippen LogP contribution in [-0.2, 0) is 14.3 Å². The monoisotopic (exact) mass is 1270 g/mol. The fourth-order valence-corrected chi connectivity index (χ4v) is 13.7. The molecule has 6 heteroatoms. The van der Waals surface area contributed by atoms with Gasteiger partial charge in [-0.2, -0.15) is 0 Å². The van der Waals surface area contributed by atoms with Gasteiger partial charge in [0.1, 0.15) is 0 Å². The third-order valence-electron chi connectivity index (χ3n) is 20.1. The van der Waals surface area contributed by atoms with Gasteiger partial charge in [-0.05, 0) is 32.1 Å². The van der Waals surface area contributed by atoms with Crippen molar-refractivity contribution in [1.82, 2.24) is 5.32 Å². The molecule has 0 rings (SSSR count). The van der Waals surface area contributed by atoms with Crippen molar-refractivity contribution in [2.75, 3.05) is 13.2 Å². The molecule has 0 aliphatic rings. The number of aliphatic hydroxyl groups excluding tert-OH is 2. The molecule has 0 heterocycles. The van der Waals surface area contributed by atoms with Gasteiger partial charge in [-0.3, -0.25) is 9.59 Å². The van der Waals surface area contributed by atoms with Crippen LogP contribution in [-0.4, -0.2) is 47.4 Å². The van der Waals surface area contributed by atoms with Gasteiger partial charge in [0.2, 0.25) is 5.91 Å². The quantitative estimate of drug-likeness (QED) is 0.0320. The van der Waals surface area contributed by atoms with Crippen molar-refractivity contribution < 1.29 is 24.5 Å². The van der Waals surface area contributed by atoms with Crippen LogP contribution in [0, 0.1) is 0 Å². The van der Waals surface area contributed by atoms with Crippen LogP contribution in [0.25, 0.3) is 0 Å². The number of amides is 1. The minimum Gasteiger partial charge on any atom is -0.466 e. The summed E-state index contributed by atoms with van der Waals surface area (Å²) < 4.78 is 5.49. The fraction of sp³-hybridized carbons (Fsp3) is 0.952. The third-order valence-corrected chi connectivity index (χ3v) is 20.1. The predicted octanol–water partition coefficient (Wildman–Crippen LogP) is 27.8.